The summed E-state index contributed by atoms with van der Waals surface area (Å²) in [5, 5.41) is 0. The van der Waals surface area contributed by atoms with Crippen LogP contribution in [0, 0.1) is 11.8 Å². The first-order chi connectivity index (χ1) is 8.17. The Morgan fingerprint density at radius 2 is 2.12 bits per heavy atom. The maximum absolute atomic E-state index is 3.76. The summed E-state index contributed by atoms with van der Waals surface area (Å²) in [4.78, 5) is 0. The fraction of sp³-hybridized carbons (Fsp3) is 0.412. The Morgan fingerprint density at radius 3 is 2.71 bits per heavy atom. The molecule has 0 N–H and O–H groups in total. The summed E-state index contributed by atoms with van der Waals surface area (Å²) in [7, 11) is 0. The third kappa shape index (κ3) is 4.60. The molecular formula is C17H24. The third-order valence-corrected chi connectivity index (χ3v) is 3.34. The molecule has 0 fully saturated rings. The summed E-state index contributed by atoms with van der Waals surface area (Å²) < 4.78 is 0. The van der Waals surface area contributed by atoms with E-state index in [4.69, 9.17) is 0 Å². The van der Waals surface area contributed by atoms with Crippen LogP contribution in [0.4, 0.5) is 0 Å². The van der Waals surface area contributed by atoms with Gasteiger partial charge in [-0.15, -0.1) is 0 Å². The molecule has 0 bridgehead atoms. The van der Waals surface area contributed by atoms with Crippen LogP contribution in [-0.4, -0.2) is 0 Å². The van der Waals surface area contributed by atoms with Crippen molar-refractivity contribution in [3.8, 4) is 0 Å². The van der Waals surface area contributed by atoms with E-state index in [0.29, 0.717) is 11.8 Å². The lowest BCUT2D eigenvalue weighted by Crippen LogP contribution is -2.06. The highest BCUT2D eigenvalue weighted by molar-refractivity contribution is 5.29. The monoisotopic (exact) mass is 228 g/mol. The Bertz CT molecular complexity index is 363. The lowest BCUT2D eigenvalue weighted by atomic mass is 9.87. The van der Waals surface area contributed by atoms with Crippen LogP contribution in [0.25, 0.3) is 0 Å². The van der Waals surface area contributed by atoms with E-state index in [0.717, 1.165) is 12.8 Å². The van der Waals surface area contributed by atoms with Gasteiger partial charge in [-0.25, -0.2) is 0 Å². The molecule has 0 aromatic carbocycles. The Morgan fingerprint density at radius 1 is 1.35 bits per heavy atom. The van der Waals surface area contributed by atoms with Crippen LogP contribution in [0.3, 0.4) is 0 Å². The van der Waals surface area contributed by atoms with E-state index < -0.39 is 0 Å². The number of hydrogen-bond donors (Lipinski definition) is 0. The first-order valence-corrected chi connectivity index (χ1v) is 6.50. The van der Waals surface area contributed by atoms with E-state index in [9.17, 15) is 0 Å². The van der Waals surface area contributed by atoms with Crippen LogP contribution in [0.2, 0.25) is 0 Å². The predicted molar refractivity (Wildman–Crippen MR) is 77.9 cm³/mol. The van der Waals surface area contributed by atoms with Crippen molar-refractivity contribution in [2.45, 2.75) is 33.6 Å². The molecule has 0 radical (unpaired) electrons. The van der Waals surface area contributed by atoms with Gasteiger partial charge in [-0.3, -0.25) is 0 Å². The third-order valence-electron chi connectivity index (χ3n) is 3.34. The normalized spacial score (nSPS) is 25.1. The van der Waals surface area contributed by atoms with Gasteiger partial charge in [0.1, 0.15) is 0 Å². The smallest absolute Gasteiger partial charge is 0.0196 e. The molecular weight excluding hydrogens is 204 g/mol. The first kappa shape index (κ1) is 13.8. The molecule has 0 nitrogen and oxygen atoms in total. The van der Waals surface area contributed by atoms with Gasteiger partial charge >= 0.3 is 0 Å². The zero-order valence-electron chi connectivity index (χ0n) is 11.3. The van der Waals surface area contributed by atoms with Crippen molar-refractivity contribution in [1.82, 2.24) is 0 Å². The van der Waals surface area contributed by atoms with E-state index in [2.05, 4.69) is 63.8 Å². The maximum Gasteiger partial charge on any atom is -0.0196 e. The SMILES string of the molecule is C=C/C=C(\C=C/C)CCC1=C[C@H](C)C(C)C=C1. The summed E-state index contributed by atoms with van der Waals surface area (Å²) in [5.74, 6) is 1.35. The predicted octanol–water partition coefficient (Wildman–Crippen LogP) is 5.22. The zero-order valence-corrected chi connectivity index (χ0v) is 11.3. The van der Waals surface area contributed by atoms with Crippen molar-refractivity contribution >= 4 is 0 Å². The van der Waals surface area contributed by atoms with Crippen molar-refractivity contribution < 1.29 is 0 Å². The van der Waals surface area contributed by atoms with Gasteiger partial charge in [0, 0.05) is 0 Å². The van der Waals surface area contributed by atoms with E-state index in [1.54, 1.807) is 0 Å². The fourth-order valence-corrected chi connectivity index (χ4v) is 2.04. The molecule has 0 heteroatoms. The summed E-state index contributed by atoms with van der Waals surface area (Å²) in [6, 6.07) is 0. The van der Waals surface area contributed by atoms with Crippen LogP contribution in [0.1, 0.15) is 33.6 Å². The minimum atomic E-state index is 0.670. The van der Waals surface area contributed by atoms with Crippen LogP contribution < -0.4 is 0 Å². The van der Waals surface area contributed by atoms with Gasteiger partial charge in [0.25, 0.3) is 0 Å². The molecule has 92 valence electrons. The van der Waals surface area contributed by atoms with Gasteiger partial charge in [0.2, 0.25) is 0 Å². The van der Waals surface area contributed by atoms with Gasteiger partial charge in [0.15, 0.2) is 0 Å². The summed E-state index contributed by atoms with van der Waals surface area (Å²) in [5.41, 5.74) is 2.82. The highest BCUT2D eigenvalue weighted by Gasteiger charge is 2.11. The Labute approximate surface area is 106 Å². The molecule has 0 aromatic rings. The molecule has 0 saturated heterocycles. The van der Waals surface area contributed by atoms with Crippen LogP contribution in [0.5, 0.6) is 0 Å². The van der Waals surface area contributed by atoms with Gasteiger partial charge in [-0.1, -0.05) is 68.5 Å². The van der Waals surface area contributed by atoms with Gasteiger partial charge < -0.3 is 0 Å². The number of hydrogen-bond acceptors (Lipinski definition) is 0. The van der Waals surface area contributed by atoms with Crippen molar-refractivity contribution in [3.63, 3.8) is 0 Å². The summed E-state index contributed by atoms with van der Waals surface area (Å²) >= 11 is 0. The standard InChI is InChI=1S/C17H24/c1-5-7-16(8-6-2)11-12-17-10-9-14(3)15(4)13-17/h5-10,13-15H,1,11-12H2,2-4H3/b8-6-,16-7+/t14?,15-/m0/s1. The minimum Gasteiger partial charge on any atom is -0.0991 e. The molecule has 1 rings (SSSR count). The van der Waals surface area contributed by atoms with Crippen molar-refractivity contribution in [3.05, 3.63) is 60.3 Å². The molecule has 0 aromatic heterocycles. The fourth-order valence-electron chi connectivity index (χ4n) is 2.04. The Hall–Kier alpha value is -1.30. The lowest BCUT2D eigenvalue weighted by Gasteiger charge is -2.19. The van der Waals surface area contributed by atoms with Crippen LogP contribution >= 0.6 is 0 Å². The average molecular weight is 228 g/mol. The van der Waals surface area contributed by atoms with Crippen LogP contribution in [-0.2, 0) is 0 Å². The quantitative estimate of drug-likeness (QED) is 0.566. The number of rotatable bonds is 5. The van der Waals surface area contributed by atoms with E-state index in [1.807, 2.05) is 6.08 Å². The Balaban J connectivity index is 2.56. The first-order valence-electron chi connectivity index (χ1n) is 6.50. The molecule has 1 unspecified atom stereocenters. The molecule has 0 amide bonds. The molecule has 0 saturated carbocycles. The molecule has 0 aliphatic heterocycles. The highest BCUT2D eigenvalue weighted by Crippen LogP contribution is 2.25. The topological polar surface area (TPSA) is 0 Å². The van der Waals surface area contributed by atoms with Crippen molar-refractivity contribution in [2.75, 3.05) is 0 Å². The molecule has 1 aliphatic rings. The van der Waals surface area contributed by atoms with Gasteiger partial charge in [0.05, 0.1) is 0 Å². The average Bonchev–Trinajstić information content (AvgIpc) is 2.31. The minimum absolute atomic E-state index is 0.670. The molecule has 17 heavy (non-hydrogen) atoms. The molecule has 2 atom stereocenters. The Kier molecular flexibility index (Phi) is 5.76. The maximum atomic E-state index is 3.76. The van der Waals surface area contributed by atoms with Crippen LogP contribution in [0.15, 0.2) is 60.3 Å². The molecule has 0 spiro atoms. The molecule has 1 aliphatic carbocycles. The number of allylic oxidation sites excluding steroid dienone is 9. The van der Waals surface area contributed by atoms with Crippen molar-refractivity contribution in [1.29, 1.82) is 0 Å². The van der Waals surface area contributed by atoms with Crippen molar-refractivity contribution in [2.24, 2.45) is 11.8 Å². The second-order valence-corrected chi connectivity index (χ2v) is 4.80. The zero-order chi connectivity index (χ0) is 12.7. The highest BCUT2D eigenvalue weighted by atomic mass is 14.2. The lowest BCUT2D eigenvalue weighted by molar-refractivity contribution is 0.545. The second kappa shape index (κ2) is 7.11. The van der Waals surface area contributed by atoms with E-state index in [1.165, 1.54) is 11.1 Å². The second-order valence-electron chi connectivity index (χ2n) is 4.80. The summed E-state index contributed by atoms with van der Waals surface area (Å²) in [6.07, 6.45) is 17.5. The largest absolute Gasteiger partial charge is 0.0991 e. The summed E-state index contributed by atoms with van der Waals surface area (Å²) in [6.45, 7) is 10.4. The van der Waals surface area contributed by atoms with E-state index in [-0.39, 0.29) is 0 Å². The van der Waals surface area contributed by atoms with Gasteiger partial charge in [-0.05, 0) is 37.2 Å². The molecule has 0 heterocycles. The van der Waals surface area contributed by atoms with E-state index >= 15 is 0 Å². The van der Waals surface area contributed by atoms with Gasteiger partial charge in [-0.2, -0.15) is 0 Å².